The number of hydrogen-bond acceptors (Lipinski definition) is 18. The number of nitrogens with zero attached hydrogens (tertiary/aromatic N) is 5. The highest BCUT2D eigenvalue weighted by molar-refractivity contribution is 9.09. The Balaban J connectivity index is 0.000000196. The molecule has 7 heterocycles. The largest absolute Gasteiger partial charge is 0.469 e. The van der Waals surface area contributed by atoms with Gasteiger partial charge in [0.1, 0.15) is 18.0 Å². The normalized spacial score (nSPS) is 27.9. The molecule has 496 valence electrons. The zero-order valence-corrected chi connectivity index (χ0v) is 59.1. The van der Waals surface area contributed by atoms with Gasteiger partial charge in [-0.2, -0.15) is 0 Å². The number of para-hydroxylation sites is 2. The second-order valence-electron chi connectivity index (χ2n) is 27.6. The van der Waals surface area contributed by atoms with Crippen molar-refractivity contribution in [3.63, 3.8) is 0 Å². The van der Waals surface area contributed by atoms with E-state index in [1.165, 1.54) is 36.9 Å². The standard InChI is InChI=1S/C35H43N3O5S2.C29H35N3O5S2.C6H11BrO/c1-34(2,3)29-21-44-30(37-29)16-22-12-8-6-5-7-9-13-23-18-35(23,32(41)42-4)19-27(39)26-17-24(20-38(26)31(22)40)43-33-36-25-14-10-11-15-28(25)45-33;1-36-27(35)29-15-19(29)10-6-4-2-3-5-9-18(13-25(30)38)26(34)32-17-20(14-22(32)23(33)16-29)37-28-31-21-11-7-8-12-24(21)39-28;1-6(2,3)5(8)4-7/h9-11,13-15,21-24,26H,5-8,12,16-20H2,1-4H3;6-8,10-12,18-20,22H,2-5,9,13-17H2,1H3,(H2,30,38);4H2,1-3H3/b13-9-;10-6-;/t22-,23-,24-,26+,35-;18-,19-,20-,22+,29-;/m11./s1. The van der Waals surface area contributed by atoms with E-state index in [0.29, 0.717) is 72.2 Å². The van der Waals surface area contributed by atoms with Gasteiger partial charge in [-0.1, -0.05) is 167 Å². The fourth-order valence-corrected chi connectivity index (χ4v) is 17.0. The molecule has 10 atom stereocenters. The zero-order valence-electron chi connectivity index (χ0n) is 54.3. The van der Waals surface area contributed by atoms with Gasteiger partial charge in [-0.25, -0.2) is 15.0 Å². The van der Waals surface area contributed by atoms with Crippen molar-refractivity contribution in [1.82, 2.24) is 24.8 Å². The number of hydrogen-bond donors (Lipinski definition) is 1. The number of halogens is 1. The van der Waals surface area contributed by atoms with Crippen molar-refractivity contribution >= 4 is 129 Å². The minimum absolute atomic E-state index is 0.0194. The number of benzene rings is 2. The van der Waals surface area contributed by atoms with Crippen LogP contribution in [0.25, 0.3) is 20.4 Å². The van der Waals surface area contributed by atoms with Crippen LogP contribution in [0, 0.1) is 39.9 Å². The second kappa shape index (κ2) is 30.7. The van der Waals surface area contributed by atoms with Crippen LogP contribution in [-0.2, 0) is 54.9 Å². The van der Waals surface area contributed by atoms with E-state index >= 15 is 0 Å². The molecule has 17 nitrogen and oxygen atoms in total. The van der Waals surface area contributed by atoms with Crippen LogP contribution in [-0.4, -0.2) is 128 Å². The van der Waals surface area contributed by atoms with Crippen LogP contribution < -0.4 is 15.2 Å². The topological polar surface area (TPSA) is 228 Å². The third-order valence-electron chi connectivity index (χ3n) is 18.8. The van der Waals surface area contributed by atoms with Crippen LogP contribution in [0.2, 0.25) is 0 Å². The van der Waals surface area contributed by atoms with Crippen LogP contribution in [0.4, 0.5) is 0 Å². The third kappa shape index (κ3) is 17.4. The molecule has 6 aliphatic rings. The monoisotopic (exact) mass is 1400 g/mol. The predicted octanol–water partition coefficient (Wildman–Crippen LogP) is 13.5. The number of amides is 2. The first kappa shape index (κ1) is 70.5. The number of alkyl halides is 1. The molecule has 22 heteroatoms. The Labute approximate surface area is 566 Å². The van der Waals surface area contributed by atoms with Crippen molar-refractivity contribution in [1.29, 1.82) is 0 Å². The van der Waals surface area contributed by atoms with Gasteiger partial charge in [0.25, 0.3) is 10.4 Å². The van der Waals surface area contributed by atoms with Crippen LogP contribution in [0.15, 0.2) is 78.2 Å². The lowest BCUT2D eigenvalue weighted by Gasteiger charge is -2.28. The molecule has 0 radical (unpaired) electrons. The summed E-state index contributed by atoms with van der Waals surface area (Å²) >= 11 is 12.8. The highest BCUT2D eigenvalue weighted by Gasteiger charge is 2.63. The molecule has 0 bridgehead atoms. The fourth-order valence-electron chi connectivity index (χ4n) is 13.1. The maximum Gasteiger partial charge on any atom is 0.312 e. The Morgan fingerprint density at radius 2 is 1.14 bits per heavy atom. The van der Waals surface area contributed by atoms with Crippen LogP contribution >= 0.6 is 62.2 Å². The van der Waals surface area contributed by atoms with Gasteiger partial charge in [-0.15, -0.1) is 11.3 Å². The summed E-state index contributed by atoms with van der Waals surface area (Å²) in [4.78, 5) is 111. The van der Waals surface area contributed by atoms with Gasteiger partial charge in [0.2, 0.25) is 11.8 Å². The van der Waals surface area contributed by atoms with Gasteiger partial charge in [-0.3, -0.25) is 33.6 Å². The van der Waals surface area contributed by atoms with E-state index in [1.54, 1.807) is 21.1 Å². The molecule has 2 aromatic carbocycles. The molecule has 2 saturated carbocycles. The number of carbonyl (C=O) groups is 7. The number of nitrogens with two attached hydrogens (primary N) is 1. The molecule has 5 aromatic rings. The SMILES string of the molecule is CC(C)(C)C(=O)CBr.COC(=O)[C@]12CC(=O)[C@@H]3C[C@@H](Oc4nc5ccccc5s4)CN3C(=O)[C@@H](CC(N)=S)CCCCC/C=C\[C@@H]1C2.COC(=O)[C@]12CC(=O)[C@@H]3C[C@@H](Oc4nc5ccccc5s4)CN3C(=O)[C@@H](Cc3nc(C(C)(C)C)cs3)CCCCC/C=C\[C@@H]1C2. The quantitative estimate of drug-likeness (QED) is 0.0561. The summed E-state index contributed by atoms with van der Waals surface area (Å²) < 4.78 is 25.0. The summed E-state index contributed by atoms with van der Waals surface area (Å²) in [5.74, 6) is -1.56. The van der Waals surface area contributed by atoms with Gasteiger partial charge in [-0.05, 0) is 87.5 Å². The molecule has 2 saturated heterocycles. The van der Waals surface area contributed by atoms with Gasteiger partial charge in [0.15, 0.2) is 11.6 Å². The lowest BCUT2D eigenvalue weighted by molar-refractivity contribution is -0.151. The Bertz CT molecular complexity index is 3480. The summed E-state index contributed by atoms with van der Waals surface area (Å²) in [6.07, 6.45) is 19.5. The molecule has 4 fully saturated rings. The summed E-state index contributed by atoms with van der Waals surface area (Å²) in [7, 11) is 2.75. The lowest BCUT2D eigenvalue weighted by atomic mass is 9.91. The van der Waals surface area contributed by atoms with Crippen molar-refractivity contribution in [2.24, 2.45) is 45.7 Å². The van der Waals surface area contributed by atoms with Crippen LogP contribution in [0.5, 0.6) is 10.4 Å². The molecule has 2 N–H and O–H groups in total. The Kier molecular flexibility index (Phi) is 23.5. The Morgan fingerprint density at radius 1 is 0.674 bits per heavy atom. The predicted molar refractivity (Wildman–Crippen MR) is 368 cm³/mol. The molecule has 92 heavy (non-hydrogen) atoms. The molecule has 4 aliphatic heterocycles. The minimum Gasteiger partial charge on any atom is -0.469 e. The summed E-state index contributed by atoms with van der Waals surface area (Å²) in [5, 5.41) is 4.57. The van der Waals surface area contributed by atoms with Gasteiger partial charge < -0.3 is 34.5 Å². The Hall–Kier alpha value is -5.81. The zero-order chi connectivity index (χ0) is 66.1. The number of allylic oxidation sites excluding steroid dienone is 4. The number of carbonyl (C=O) groups excluding carboxylic acids is 7. The van der Waals surface area contributed by atoms with Crippen molar-refractivity contribution in [2.45, 2.75) is 187 Å². The maximum atomic E-state index is 14.5. The van der Waals surface area contributed by atoms with E-state index < -0.39 is 29.0 Å². The van der Waals surface area contributed by atoms with Gasteiger partial charge >= 0.3 is 11.9 Å². The average Bonchev–Trinajstić information content (AvgIpc) is 1.59. The van der Waals surface area contributed by atoms with Crippen LogP contribution in [0.1, 0.15) is 161 Å². The number of fused-ring (bicyclic) bond motifs is 6. The number of methoxy groups -OCH3 is 2. The van der Waals surface area contributed by atoms with E-state index in [2.05, 4.69) is 76.4 Å². The van der Waals surface area contributed by atoms with E-state index in [-0.39, 0.29) is 101 Å². The highest BCUT2D eigenvalue weighted by atomic mass is 79.9. The molecule has 0 spiro atoms. The van der Waals surface area contributed by atoms with Crippen LogP contribution in [0.3, 0.4) is 0 Å². The maximum absolute atomic E-state index is 14.5. The van der Waals surface area contributed by atoms with Crippen molar-refractivity contribution in [3.05, 3.63) is 88.9 Å². The van der Waals surface area contributed by atoms with Crippen molar-refractivity contribution in [3.8, 4) is 10.4 Å². The molecular formula is C70H89BrN6O11S4. The van der Waals surface area contributed by atoms with Gasteiger partial charge in [0, 0.05) is 66.6 Å². The highest BCUT2D eigenvalue weighted by Crippen LogP contribution is 2.59. The molecule has 2 aliphatic carbocycles. The molecule has 2 amide bonds. The number of thiazole rings is 3. The number of Topliss-reactive ketones (excluding diaryl/α,β-unsaturated/α-hetero) is 3. The smallest absolute Gasteiger partial charge is 0.312 e. The Morgan fingerprint density at radius 3 is 1.55 bits per heavy atom. The van der Waals surface area contributed by atoms with E-state index in [9.17, 15) is 33.6 Å². The summed E-state index contributed by atoms with van der Waals surface area (Å²) in [6, 6.07) is 14.3. The number of aromatic nitrogens is 3. The molecule has 0 unspecified atom stereocenters. The number of thiocarbonyl (C=S) groups is 1. The van der Waals surface area contributed by atoms with E-state index in [4.69, 9.17) is 41.9 Å². The first-order valence-corrected chi connectivity index (χ1v) is 36.4. The fraction of sp³-hybridized carbons (Fsp3) is 0.586. The lowest BCUT2D eigenvalue weighted by Crippen LogP contribution is -2.45. The van der Waals surface area contributed by atoms with Gasteiger partial charge in [0.05, 0.1) is 91.7 Å². The minimum atomic E-state index is -0.860. The van der Waals surface area contributed by atoms with E-state index in [1.807, 2.05) is 69.3 Å². The first-order valence-electron chi connectivity index (χ1n) is 32.4. The molecule has 11 rings (SSSR count). The van der Waals surface area contributed by atoms with Crippen molar-refractivity contribution < 1.29 is 52.5 Å². The summed E-state index contributed by atoms with van der Waals surface area (Å²) in [6.45, 7) is 12.8. The number of rotatable bonds is 11. The number of ketones is 3. The molecular weight excluding hydrogens is 1310 g/mol. The summed E-state index contributed by atoms with van der Waals surface area (Å²) in [5.41, 5.74) is 6.68. The first-order chi connectivity index (χ1) is 43.9. The molecule has 3 aromatic heterocycles. The second-order valence-corrected chi connectivity index (χ2v) is 31.7. The van der Waals surface area contributed by atoms with Crippen molar-refractivity contribution in [2.75, 3.05) is 32.6 Å². The number of esters is 2. The average molecular weight is 1400 g/mol. The van der Waals surface area contributed by atoms with E-state index in [0.717, 1.165) is 88.9 Å². The number of ether oxygens (including phenoxy) is 4. The third-order valence-corrected chi connectivity index (χ3v) is 22.2.